The molecule has 0 bridgehead atoms. The van der Waals surface area contributed by atoms with E-state index in [4.69, 9.17) is 9.84 Å². The van der Waals surface area contributed by atoms with Crippen LogP contribution in [0.3, 0.4) is 0 Å². The molecule has 1 aromatic heterocycles. The van der Waals surface area contributed by atoms with Crippen molar-refractivity contribution in [2.75, 3.05) is 13.2 Å². The molecule has 146 valence electrons. The van der Waals surface area contributed by atoms with Gasteiger partial charge in [-0.1, -0.05) is 20.8 Å². The normalized spacial score (nSPS) is 16.9. The molecule has 2 heterocycles. The first-order chi connectivity index (χ1) is 13.0. The minimum absolute atomic E-state index is 0.0970. The van der Waals surface area contributed by atoms with Crippen LogP contribution in [0.4, 0.5) is 4.39 Å². The molecule has 27 heavy (non-hydrogen) atoms. The van der Waals surface area contributed by atoms with Crippen molar-refractivity contribution in [1.82, 2.24) is 15.1 Å². The van der Waals surface area contributed by atoms with E-state index in [1.54, 1.807) is 16.8 Å². The van der Waals surface area contributed by atoms with Gasteiger partial charge >= 0.3 is 0 Å². The first kappa shape index (κ1) is 19.5. The van der Waals surface area contributed by atoms with E-state index in [1.165, 1.54) is 12.1 Å². The van der Waals surface area contributed by atoms with E-state index < -0.39 is 0 Å². The summed E-state index contributed by atoms with van der Waals surface area (Å²) >= 11 is 0. The Morgan fingerprint density at radius 3 is 2.70 bits per heavy atom. The lowest BCUT2D eigenvalue weighted by atomic mass is 10.0. The largest absolute Gasteiger partial charge is 0.376 e. The summed E-state index contributed by atoms with van der Waals surface area (Å²) in [4.78, 5) is 13.0. The van der Waals surface area contributed by atoms with Crippen LogP contribution in [0, 0.1) is 11.7 Å². The van der Waals surface area contributed by atoms with E-state index in [0.29, 0.717) is 30.9 Å². The van der Waals surface area contributed by atoms with Crippen molar-refractivity contribution in [3.05, 3.63) is 47.0 Å². The van der Waals surface area contributed by atoms with Crippen molar-refractivity contribution >= 4 is 5.91 Å². The predicted molar refractivity (Wildman–Crippen MR) is 103 cm³/mol. The number of rotatable bonds is 7. The molecule has 2 aromatic rings. The average Bonchev–Trinajstić information content (AvgIpc) is 3.27. The Bertz CT molecular complexity index is 777. The number of aromatic nitrogens is 2. The zero-order valence-corrected chi connectivity index (χ0v) is 16.3. The van der Waals surface area contributed by atoms with Crippen LogP contribution in [0.1, 0.15) is 55.4 Å². The Labute approximate surface area is 159 Å². The summed E-state index contributed by atoms with van der Waals surface area (Å²) in [5.74, 6) is -0.0248. The number of ether oxygens (including phenoxy) is 1. The van der Waals surface area contributed by atoms with Gasteiger partial charge in [-0.3, -0.25) is 4.79 Å². The van der Waals surface area contributed by atoms with Gasteiger partial charge in [0.25, 0.3) is 5.91 Å². The van der Waals surface area contributed by atoms with Crippen molar-refractivity contribution in [3.8, 4) is 5.69 Å². The fraction of sp³-hybridized carbons (Fsp3) is 0.524. The Hall–Kier alpha value is -2.21. The molecule has 0 radical (unpaired) electrons. The Balaban J connectivity index is 1.93. The molecular weight excluding hydrogens is 345 g/mol. The average molecular weight is 373 g/mol. The van der Waals surface area contributed by atoms with Gasteiger partial charge in [0.05, 0.1) is 28.7 Å². The van der Waals surface area contributed by atoms with Gasteiger partial charge in [-0.25, -0.2) is 9.07 Å². The van der Waals surface area contributed by atoms with Crippen LogP contribution in [-0.4, -0.2) is 34.9 Å². The molecule has 1 fully saturated rings. The number of nitrogens with one attached hydrogen (secondary N) is 1. The smallest absolute Gasteiger partial charge is 0.255 e. The van der Waals surface area contributed by atoms with E-state index >= 15 is 0 Å². The lowest BCUT2D eigenvalue weighted by molar-refractivity contribution is 0.0856. The molecule has 1 aliphatic heterocycles. The van der Waals surface area contributed by atoms with Crippen molar-refractivity contribution < 1.29 is 13.9 Å². The molecule has 0 aliphatic carbocycles. The number of halogens is 1. The zero-order valence-electron chi connectivity index (χ0n) is 16.3. The number of nitrogens with zero attached hydrogens (tertiary/aromatic N) is 2. The third-order valence-corrected chi connectivity index (χ3v) is 4.80. The molecule has 1 aromatic carbocycles. The van der Waals surface area contributed by atoms with E-state index in [1.807, 2.05) is 6.92 Å². The van der Waals surface area contributed by atoms with Crippen LogP contribution in [0.5, 0.6) is 0 Å². The van der Waals surface area contributed by atoms with Crippen LogP contribution >= 0.6 is 0 Å². The second-order valence-electron chi connectivity index (χ2n) is 7.45. The maximum Gasteiger partial charge on any atom is 0.255 e. The minimum Gasteiger partial charge on any atom is -0.376 e. The summed E-state index contributed by atoms with van der Waals surface area (Å²) in [5, 5.41) is 7.75. The standard InChI is InChI=1S/C21H28FN3O2/c1-4-19-20(21(26)23-13-17-6-5-11-27-17)18(12-14(2)3)24-25(19)16-9-7-15(22)8-10-16/h7-10,14,17H,4-6,11-13H2,1-3H3,(H,23,26)/t17-/m0/s1. The molecule has 1 aliphatic rings. The SMILES string of the molecule is CCc1c(C(=O)NC[C@@H]2CCCO2)c(CC(C)C)nn1-c1ccc(F)cc1. The van der Waals surface area contributed by atoms with Crippen molar-refractivity contribution in [2.24, 2.45) is 5.92 Å². The molecule has 1 N–H and O–H groups in total. The van der Waals surface area contributed by atoms with E-state index in [2.05, 4.69) is 19.2 Å². The van der Waals surface area contributed by atoms with Gasteiger partial charge in [-0.05, 0) is 55.9 Å². The van der Waals surface area contributed by atoms with Crippen LogP contribution in [-0.2, 0) is 17.6 Å². The third kappa shape index (κ3) is 4.56. The van der Waals surface area contributed by atoms with Gasteiger partial charge in [-0.2, -0.15) is 5.10 Å². The van der Waals surface area contributed by atoms with Crippen LogP contribution < -0.4 is 5.32 Å². The number of carbonyl (C=O) groups is 1. The minimum atomic E-state index is -0.291. The first-order valence-corrected chi connectivity index (χ1v) is 9.76. The lowest BCUT2D eigenvalue weighted by Crippen LogP contribution is -2.32. The molecule has 6 heteroatoms. The van der Waals surface area contributed by atoms with E-state index in [-0.39, 0.29) is 17.8 Å². The molecule has 1 amide bonds. The highest BCUT2D eigenvalue weighted by Gasteiger charge is 2.25. The quantitative estimate of drug-likeness (QED) is 0.805. The third-order valence-electron chi connectivity index (χ3n) is 4.80. The second kappa shape index (κ2) is 8.65. The summed E-state index contributed by atoms with van der Waals surface area (Å²) in [7, 11) is 0. The summed E-state index contributed by atoms with van der Waals surface area (Å²) in [6, 6.07) is 6.20. The Kier molecular flexibility index (Phi) is 6.26. The lowest BCUT2D eigenvalue weighted by Gasteiger charge is -2.12. The molecule has 1 saturated heterocycles. The topological polar surface area (TPSA) is 56.1 Å². The summed E-state index contributed by atoms with van der Waals surface area (Å²) in [6.07, 6.45) is 3.49. The molecule has 0 saturated carbocycles. The van der Waals surface area contributed by atoms with Gasteiger partial charge < -0.3 is 10.1 Å². The fourth-order valence-corrected chi connectivity index (χ4v) is 3.52. The van der Waals surface area contributed by atoms with Gasteiger partial charge in [0.2, 0.25) is 0 Å². The molecule has 0 spiro atoms. The first-order valence-electron chi connectivity index (χ1n) is 9.76. The predicted octanol–water partition coefficient (Wildman–Crippen LogP) is 3.68. The van der Waals surface area contributed by atoms with Crippen molar-refractivity contribution in [1.29, 1.82) is 0 Å². The fourth-order valence-electron chi connectivity index (χ4n) is 3.52. The van der Waals surface area contributed by atoms with Crippen LogP contribution in [0.25, 0.3) is 5.69 Å². The number of hydrogen-bond donors (Lipinski definition) is 1. The van der Waals surface area contributed by atoms with Crippen molar-refractivity contribution in [3.63, 3.8) is 0 Å². The van der Waals surface area contributed by atoms with Crippen LogP contribution in [0.2, 0.25) is 0 Å². The monoisotopic (exact) mass is 373 g/mol. The molecular formula is C21H28FN3O2. The Morgan fingerprint density at radius 2 is 2.11 bits per heavy atom. The maximum absolute atomic E-state index is 13.3. The van der Waals surface area contributed by atoms with Gasteiger partial charge in [0, 0.05) is 13.2 Å². The molecule has 1 atom stereocenters. The molecule has 0 unspecified atom stereocenters. The molecule has 5 nitrogen and oxygen atoms in total. The number of carbonyl (C=O) groups excluding carboxylic acids is 1. The van der Waals surface area contributed by atoms with Crippen molar-refractivity contribution in [2.45, 2.75) is 52.6 Å². The summed E-state index contributed by atoms with van der Waals surface area (Å²) in [5.41, 5.74) is 3.04. The van der Waals surface area contributed by atoms with Gasteiger partial charge in [0.1, 0.15) is 5.82 Å². The highest BCUT2D eigenvalue weighted by molar-refractivity contribution is 5.96. The second-order valence-corrected chi connectivity index (χ2v) is 7.45. The number of amides is 1. The van der Waals surface area contributed by atoms with Crippen LogP contribution in [0.15, 0.2) is 24.3 Å². The zero-order chi connectivity index (χ0) is 19.4. The molecule has 3 rings (SSSR count). The van der Waals surface area contributed by atoms with E-state index in [9.17, 15) is 9.18 Å². The summed E-state index contributed by atoms with van der Waals surface area (Å²) < 4.78 is 20.7. The highest BCUT2D eigenvalue weighted by Crippen LogP contribution is 2.23. The van der Waals surface area contributed by atoms with Gasteiger partial charge in [0.15, 0.2) is 0 Å². The number of benzene rings is 1. The summed E-state index contributed by atoms with van der Waals surface area (Å²) in [6.45, 7) is 7.51. The van der Waals surface area contributed by atoms with Gasteiger partial charge in [-0.15, -0.1) is 0 Å². The highest BCUT2D eigenvalue weighted by atomic mass is 19.1. The Morgan fingerprint density at radius 1 is 1.37 bits per heavy atom. The maximum atomic E-state index is 13.3. The van der Waals surface area contributed by atoms with E-state index in [0.717, 1.165) is 36.5 Å². The number of hydrogen-bond acceptors (Lipinski definition) is 3.